The molecule has 0 amide bonds. The normalized spacial score (nSPS) is 21.8. The standard InChI is InChI=1S/C80H76N2/c1-76(2,3)51-25-30-55(31-26-51)81(58-34-37-62-60-17-13-15-21-68(60)78(7,8)70(62)45-58)57-29-23-50-24-36-66-74-65-20-12-11-19-64(65)73(47-72(74)80(75(66)67(50)44-57)53-40-48-39-49(42-53)43-54(80)41-48)82(56-32-27-52(28-33-56)77(4,5)6)59-35-38-63-61-18-14-16-22-69(61)79(9,10)71(63)46-59/h11-38,44-49,53-54H,39-43H2,1-10H3. The van der Waals surface area contributed by atoms with Crippen LogP contribution in [0.15, 0.2) is 194 Å². The van der Waals surface area contributed by atoms with Gasteiger partial charge in [-0.2, -0.15) is 0 Å². The van der Waals surface area contributed by atoms with Gasteiger partial charge in [-0.15, -0.1) is 0 Å². The minimum absolute atomic E-state index is 0.0335. The van der Waals surface area contributed by atoms with Crippen LogP contribution in [0.3, 0.4) is 0 Å². The van der Waals surface area contributed by atoms with E-state index in [2.05, 4.69) is 273 Å². The highest BCUT2D eigenvalue weighted by Crippen LogP contribution is 2.72. The number of nitrogens with zero attached hydrogens (tertiary/aromatic N) is 2. The van der Waals surface area contributed by atoms with Crippen molar-refractivity contribution in [2.24, 2.45) is 23.7 Å². The molecular formula is C80H76N2. The predicted octanol–water partition coefficient (Wildman–Crippen LogP) is 21.9. The largest absolute Gasteiger partial charge is 0.310 e. The molecule has 2 heteroatoms. The molecule has 82 heavy (non-hydrogen) atoms. The van der Waals surface area contributed by atoms with E-state index in [1.807, 2.05) is 0 Å². The summed E-state index contributed by atoms with van der Waals surface area (Å²) < 4.78 is 0. The van der Waals surface area contributed by atoms with Gasteiger partial charge in [-0.3, -0.25) is 0 Å². The molecule has 0 aromatic heterocycles. The second-order valence-electron chi connectivity index (χ2n) is 29.0. The SMILES string of the molecule is CC(C)(C)c1ccc(N(c2ccc3c(c2)C(C)(C)c2ccccc2-3)c2ccc3ccc4c(c3c2)C2(c3cc(N(c5ccc(C(C)(C)C)cc5)c5ccc6c(c5)C(C)(C)c5ccccc5-6)c5ccccc5c3-4)C3CC4CC(C3)CC2C4)cc1. The van der Waals surface area contributed by atoms with Gasteiger partial charge < -0.3 is 9.80 Å². The number of benzene rings is 10. The molecule has 4 fully saturated rings. The molecule has 1 spiro atoms. The van der Waals surface area contributed by atoms with E-state index < -0.39 is 0 Å². The van der Waals surface area contributed by atoms with Crippen LogP contribution >= 0.6 is 0 Å². The summed E-state index contributed by atoms with van der Waals surface area (Å²) in [6.45, 7) is 23.6. The van der Waals surface area contributed by atoms with E-state index in [9.17, 15) is 0 Å². The quantitative estimate of drug-likeness (QED) is 0.164. The summed E-state index contributed by atoms with van der Waals surface area (Å²) in [5.41, 5.74) is 26.8. The molecule has 0 saturated heterocycles. The Labute approximate surface area is 486 Å². The fourth-order valence-electron chi connectivity index (χ4n) is 17.9. The topological polar surface area (TPSA) is 6.48 Å². The molecule has 7 aliphatic carbocycles. The summed E-state index contributed by atoms with van der Waals surface area (Å²) in [6, 6.07) is 76.6. The summed E-state index contributed by atoms with van der Waals surface area (Å²) in [5.74, 6) is 2.74. The van der Waals surface area contributed by atoms with Gasteiger partial charge in [0.05, 0.1) is 5.69 Å². The fraction of sp³-hybridized carbons (Fsp3) is 0.300. The number of anilines is 6. The van der Waals surface area contributed by atoms with E-state index >= 15 is 0 Å². The van der Waals surface area contributed by atoms with Crippen molar-refractivity contribution < 1.29 is 0 Å². The Morgan fingerprint density at radius 1 is 0.354 bits per heavy atom. The molecule has 10 aromatic rings. The molecule has 406 valence electrons. The summed E-state index contributed by atoms with van der Waals surface area (Å²) in [4.78, 5) is 5.22. The van der Waals surface area contributed by atoms with Crippen LogP contribution in [0.4, 0.5) is 34.1 Å². The highest BCUT2D eigenvalue weighted by Gasteiger charge is 2.62. The van der Waals surface area contributed by atoms with Gasteiger partial charge >= 0.3 is 0 Å². The van der Waals surface area contributed by atoms with Crippen LogP contribution in [0.25, 0.3) is 54.9 Å². The van der Waals surface area contributed by atoms with E-state index in [0.29, 0.717) is 11.8 Å². The Hall–Kier alpha value is -7.68. The minimum atomic E-state index is -0.138. The zero-order valence-electron chi connectivity index (χ0n) is 49.7. The molecule has 2 nitrogen and oxygen atoms in total. The first-order chi connectivity index (χ1) is 39.4. The lowest BCUT2D eigenvalue weighted by Gasteiger charge is -2.61. The van der Waals surface area contributed by atoms with Crippen molar-refractivity contribution in [3.63, 3.8) is 0 Å². The Morgan fingerprint density at radius 3 is 1.33 bits per heavy atom. The second kappa shape index (κ2) is 17.2. The van der Waals surface area contributed by atoms with Crippen molar-refractivity contribution in [2.75, 3.05) is 9.80 Å². The first-order valence-corrected chi connectivity index (χ1v) is 30.8. The maximum atomic E-state index is 2.76. The summed E-state index contributed by atoms with van der Waals surface area (Å²) in [6.07, 6.45) is 6.64. The maximum absolute atomic E-state index is 2.76. The van der Waals surface area contributed by atoms with E-state index in [1.54, 1.807) is 11.1 Å². The third-order valence-corrected chi connectivity index (χ3v) is 21.7. The van der Waals surface area contributed by atoms with E-state index in [-0.39, 0.29) is 27.1 Å². The number of hydrogen-bond donors (Lipinski definition) is 0. The van der Waals surface area contributed by atoms with Crippen molar-refractivity contribution in [2.45, 2.75) is 128 Å². The monoisotopic (exact) mass is 1060 g/mol. The maximum Gasteiger partial charge on any atom is 0.0543 e. The highest BCUT2D eigenvalue weighted by molar-refractivity contribution is 6.13. The van der Waals surface area contributed by atoms with Gasteiger partial charge in [0.1, 0.15) is 0 Å². The second-order valence-corrected chi connectivity index (χ2v) is 29.0. The molecule has 4 bridgehead atoms. The molecule has 10 aromatic carbocycles. The molecule has 0 aliphatic heterocycles. The fourth-order valence-corrected chi connectivity index (χ4v) is 17.9. The summed E-state index contributed by atoms with van der Waals surface area (Å²) in [5, 5.41) is 5.43. The smallest absolute Gasteiger partial charge is 0.0543 e. The predicted molar refractivity (Wildman–Crippen MR) is 347 cm³/mol. The van der Waals surface area contributed by atoms with Gasteiger partial charge in [0.2, 0.25) is 0 Å². The molecule has 4 saturated carbocycles. The number of rotatable bonds is 6. The molecule has 0 heterocycles. The van der Waals surface area contributed by atoms with E-state index in [1.165, 1.54) is 155 Å². The highest BCUT2D eigenvalue weighted by atomic mass is 15.1. The van der Waals surface area contributed by atoms with E-state index in [0.717, 1.165) is 11.8 Å². The van der Waals surface area contributed by atoms with Crippen LogP contribution < -0.4 is 9.80 Å². The lowest BCUT2D eigenvalue weighted by molar-refractivity contribution is -0.0393. The van der Waals surface area contributed by atoms with Crippen LogP contribution in [-0.2, 0) is 27.1 Å². The number of hydrogen-bond acceptors (Lipinski definition) is 2. The first-order valence-electron chi connectivity index (χ1n) is 30.8. The molecule has 17 rings (SSSR count). The third kappa shape index (κ3) is 7.00. The lowest BCUT2D eigenvalue weighted by Crippen LogP contribution is -2.55. The molecule has 0 N–H and O–H groups in total. The van der Waals surface area contributed by atoms with Crippen molar-refractivity contribution in [3.05, 3.63) is 239 Å². The van der Waals surface area contributed by atoms with Crippen molar-refractivity contribution in [1.82, 2.24) is 0 Å². The van der Waals surface area contributed by atoms with Gasteiger partial charge in [0.25, 0.3) is 0 Å². The molecule has 7 aliphatic rings. The zero-order valence-corrected chi connectivity index (χ0v) is 49.7. The Balaban J connectivity index is 0.937. The minimum Gasteiger partial charge on any atom is -0.310 e. The Kier molecular flexibility index (Phi) is 10.5. The average molecular weight is 1070 g/mol. The molecule has 0 atom stereocenters. The van der Waals surface area contributed by atoms with Crippen LogP contribution in [0.2, 0.25) is 0 Å². The van der Waals surface area contributed by atoms with Gasteiger partial charge in [-0.25, -0.2) is 0 Å². The zero-order chi connectivity index (χ0) is 56.0. The van der Waals surface area contributed by atoms with Crippen LogP contribution in [-0.4, -0.2) is 0 Å². The van der Waals surface area contributed by atoms with Crippen LogP contribution in [0, 0.1) is 23.7 Å². The Bertz CT molecular complexity index is 4280. The third-order valence-electron chi connectivity index (χ3n) is 21.7. The molecule has 0 radical (unpaired) electrons. The molecular weight excluding hydrogens is 989 g/mol. The summed E-state index contributed by atoms with van der Waals surface area (Å²) in [7, 11) is 0. The van der Waals surface area contributed by atoms with E-state index in [4.69, 9.17) is 0 Å². The van der Waals surface area contributed by atoms with Crippen molar-refractivity contribution in [1.29, 1.82) is 0 Å². The average Bonchev–Trinajstić information content (AvgIpc) is 3.00. The van der Waals surface area contributed by atoms with Gasteiger partial charge in [-0.05, 0) is 227 Å². The van der Waals surface area contributed by atoms with Crippen LogP contribution in [0.1, 0.15) is 146 Å². The number of fused-ring (bicyclic) bond motifs is 13. The Morgan fingerprint density at radius 2 is 0.780 bits per heavy atom. The lowest BCUT2D eigenvalue weighted by atomic mass is 9.43. The van der Waals surface area contributed by atoms with Gasteiger partial charge in [0, 0.05) is 50.1 Å². The van der Waals surface area contributed by atoms with Gasteiger partial charge in [-0.1, -0.05) is 197 Å². The summed E-state index contributed by atoms with van der Waals surface area (Å²) >= 11 is 0. The van der Waals surface area contributed by atoms with Crippen molar-refractivity contribution in [3.8, 4) is 33.4 Å². The first kappa shape index (κ1) is 50.1. The van der Waals surface area contributed by atoms with Gasteiger partial charge in [0.15, 0.2) is 0 Å². The van der Waals surface area contributed by atoms with Crippen molar-refractivity contribution >= 4 is 55.7 Å². The molecule has 0 unspecified atom stereocenters. The van der Waals surface area contributed by atoms with Crippen LogP contribution in [0.5, 0.6) is 0 Å².